The number of rotatable bonds is 5. The van der Waals surface area contributed by atoms with E-state index in [0.29, 0.717) is 16.6 Å². The fourth-order valence-corrected chi connectivity index (χ4v) is 4.49. The number of aromatic nitrogens is 8. The average Bonchev–Trinajstić information content (AvgIpc) is 3.34. The van der Waals surface area contributed by atoms with Gasteiger partial charge in [0, 0.05) is 12.8 Å². The van der Waals surface area contributed by atoms with E-state index in [2.05, 4.69) is 20.5 Å². The Kier molecular flexibility index (Phi) is 5.06. The van der Waals surface area contributed by atoms with Gasteiger partial charge in [-0.15, -0.1) is 5.10 Å². The lowest BCUT2D eigenvalue weighted by Crippen LogP contribution is -2.22. The molecule has 0 bridgehead atoms. The normalized spacial score (nSPS) is 11.3. The molecule has 0 amide bonds. The van der Waals surface area contributed by atoms with Gasteiger partial charge in [-0.05, 0) is 48.5 Å². The van der Waals surface area contributed by atoms with Crippen LogP contribution in [0.5, 0.6) is 0 Å². The van der Waals surface area contributed by atoms with E-state index in [1.165, 1.54) is 16.4 Å². The molecule has 0 radical (unpaired) electrons. The second-order valence-electron chi connectivity index (χ2n) is 7.32. The molecule has 0 saturated heterocycles. The van der Waals surface area contributed by atoms with Crippen LogP contribution < -0.4 is 5.56 Å². The molecule has 0 unspecified atom stereocenters. The Labute approximate surface area is 187 Å². The molecule has 0 aliphatic rings. The summed E-state index contributed by atoms with van der Waals surface area (Å²) in [5.74, 6) is 0.531. The predicted molar refractivity (Wildman–Crippen MR) is 122 cm³/mol. The summed E-state index contributed by atoms with van der Waals surface area (Å²) < 4.78 is 4.92. The molecule has 0 fully saturated rings. The number of thioether (sulfide) groups is 1. The Morgan fingerprint density at radius 3 is 2.38 bits per heavy atom. The Morgan fingerprint density at radius 1 is 0.938 bits per heavy atom. The van der Waals surface area contributed by atoms with Gasteiger partial charge in [-0.25, -0.2) is 14.6 Å². The second-order valence-corrected chi connectivity index (χ2v) is 8.26. The van der Waals surface area contributed by atoms with Gasteiger partial charge in [0.05, 0.1) is 33.8 Å². The molecule has 3 heterocycles. The van der Waals surface area contributed by atoms with Crippen molar-refractivity contribution >= 4 is 22.8 Å². The summed E-state index contributed by atoms with van der Waals surface area (Å²) in [6.45, 7) is 3.82. The number of hydrogen-bond acceptors (Lipinski definition) is 7. The van der Waals surface area contributed by atoms with Crippen LogP contribution in [0, 0.1) is 13.8 Å². The molecule has 5 rings (SSSR count). The SMILES string of the molecule is Cc1nc2ccccc2nc1CSc1nnnn1-c1c(C)n(C)n(-c2ccccc2)c1=O. The van der Waals surface area contributed by atoms with E-state index in [0.717, 1.165) is 33.8 Å². The Morgan fingerprint density at radius 2 is 1.62 bits per heavy atom. The van der Waals surface area contributed by atoms with Gasteiger partial charge in [-0.3, -0.25) is 9.48 Å². The van der Waals surface area contributed by atoms with E-state index in [1.807, 2.05) is 80.2 Å². The van der Waals surface area contributed by atoms with Crippen molar-refractivity contribution in [2.45, 2.75) is 24.8 Å². The third-order valence-corrected chi connectivity index (χ3v) is 6.29. The Bertz CT molecular complexity index is 1490. The molecule has 0 N–H and O–H groups in total. The standard InChI is InChI=1S/C22H20N8OS/c1-14-19(24-18-12-8-7-11-17(18)23-14)13-32-22-25-26-27-29(22)20-15(2)28(3)30(21(20)31)16-9-5-4-6-10-16/h4-12H,13H2,1-3H3. The van der Waals surface area contributed by atoms with Crippen molar-refractivity contribution in [2.24, 2.45) is 7.05 Å². The van der Waals surface area contributed by atoms with Crippen molar-refractivity contribution in [2.75, 3.05) is 0 Å². The summed E-state index contributed by atoms with van der Waals surface area (Å²) in [6.07, 6.45) is 0. The first-order valence-corrected chi connectivity index (χ1v) is 11.0. The summed E-state index contributed by atoms with van der Waals surface area (Å²) in [6, 6.07) is 17.3. The van der Waals surface area contributed by atoms with Gasteiger partial charge in [0.1, 0.15) is 0 Å². The molecule has 2 aromatic carbocycles. The van der Waals surface area contributed by atoms with Crippen molar-refractivity contribution in [1.29, 1.82) is 0 Å². The molecular formula is C22H20N8OS. The summed E-state index contributed by atoms with van der Waals surface area (Å²) in [5.41, 5.74) is 5.20. The lowest BCUT2D eigenvalue weighted by atomic mass is 10.2. The van der Waals surface area contributed by atoms with E-state index in [1.54, 1.807) is 4.68 Å². The van der Waals surface area contributed by atoms with Gasteiger partial charge in [-0.1, -0.05) is 42.1 Å². The minimum Gasteiger partial charge on any atom is -0.283 e. The van der Waals surface area contributed by atoms with Crippen LogP contribution in [-0.2, 0) is 12.8 Å². The summed E-state index contributed by atoms with van der Waals surface area (Å²) >= 11 is 1.42. The molecule has 10 heteroatoms. The quantitative estimate of drug-likeness (QED) is 0.385. The van der Waals surface area contributed by atoms with Crippen molar-refractivity contribution in [3.8, 4) is 11.4 Å². The topological polar surface area (TPSA) is 96.3 Å². The second kappa shape index (κ2) is 8.04. The highest BCUT2D eigenvalue weighted by Gasteiger charge is 2.22. The third-order valence-electron chi connectivity index (χ3n) is 5.36. The fraction of sp³-hybridized carbons (Fsp3) is 0.182. The van der Waals surface area contributed by atoms with Gasteiger partial charge >= 0.3 is 0 Å². The molecular weight excluding hydrogens is 424 g/mol. The van der Waals surface area contributed by atoms with Gasteiger partial charge in [0.15, 0.2) is 5.69 Å². The van der Waals surface area contributed by atoms with Gasteiger partial charge in [-0.2, -0.15) is 4.68 Å². The van der Waals surface area contributed by atoms with Gasteiger partial charge < -0.3 is 0 Å². The zero-order valence-electron chi connectivity index (χ0n) is 17.8. The number of benzene rings is 2. The summed E-state index contributed by atoms with van der Waals surface area (Å²) in [4.78, 5) is 22.7. The number of para-hydroxylation sites is 3. The zero-order valence-corrected chi connectivity index (χ0v) is 18.6. The van der Waals surface area contributed by atoms with Crippen molar-refractivity contribution in [1.82, 2.24) is 39.5 Å². The first-order valence-electron chi connectivity index (χ1n) is 10.0. The molecule has 9 nitrogen and oxygen atoms in total. The number of tetrazole rings is 1. The van der Waals surface area contributed by atoms with Crippen LogP contribution in [0.1, 0.15) is 17.1 Å². The van der Waals surface area contributed by atoms with Crippen LogP contribution in [-0.4, -0.2) is 39.5 Å². The van der Waals surface area contributed by atoms with E-state index >= 15 is 0 Å². The highest BCUT2D eigenvalue weighted by atomic mass is 32.2. The number of nitrogens with zero attached hydrogens (tertiary/aromatic N) is 8. The molecule has 5 aromatic rings. The first-order chi connectivity index (χ1) is 15.5. The minimum absolute atomic E-state index is 0.188. The first kappa shape index (κ1) is 20.1. The Balaban J connectivity index is 1.50. The average molecular weight is 445 g/mol. The van der Waals surface area contributed by atoms with Gasteiger partial charge in [0.25, 0.3) is 5.56 Å². The molecule has 0 aliphatic carbocycles. The van der Waals surface area contributed by atoms with E-state index in [4.69, 9.17) is 4.98 Å². The van der Waals surface area contributed by atoms with Crippen LogP contribution in [0.3, 0.4) is 0 Å². The lowest BCUT2D eigenvalue weighted by molar-refractivity contribution is 0.630. The van der Waals surface area contributed by atoms with Crippen molar-refractivity contribution in [3.05, 3.63) is 82.0 Å². The maximum atomic E-state index is 13.3. The highest BCUT2D eigenvalue weighted by molar-refractivity contribution is 7.98. The molecule has 0 spiro atoms. The van der Waals surface area contributed by atoms with Crippen LogP contribution >= 0.6 is 11.8 Å². The molecule has 3 aromatic heterocycles. The fourth-order valence-electron chi connectivity index (χ4n) is 3.60. The Hall–Kier alpha value is -3.79. The maximum absolute atomic E-state index is 13.3. The largest absolute Gasteiger partial charge is 0.297 e. The highest BCUT2D eigenvalue weighted by Crippen LogP contribution is 2.24. The summed E-state index contributed by atoms with van der Waals surface area (Å²) in [5, 5.41) is 12.6. The molecule has 32 heavy (non-hydrogen) atoms. The third kappa shape index (κ3) is 3.38. The monoisotopic (exact) mass is 444 g/mol. The molecule has 0 saturated carbocycles. The van der Waals surface area contributed by atoms with Crippen LogP contribution in [0.2, 0.25) is 0 Å². The smallest absolute Gasteiger partial charge is 0.283 e. The lowest BCUT2D eigenvalue weighted by Gasteiger charge is -2.07. The molecule has 0 atom stereocenters. The maximum Gasteiger partial charge on any atom is 0.297 e. The van der Waals surface area contributed by atoms with Crippen LogP contribution in [0.15, 0.2) is 64.5 Å². The summed E-state index contributed by atoms with van der Waals surface area (Å²) in [7, 11) is 1.85. The molecule has 160 valence electrons. The van der Waals surface area contributed by atoms with E-state index in [-0.39, 0.29) is 5.56 Å². The number of fused-ring (bicyclic) bond motifs is 1. The van der Waals surface area contributed by atoms with Crippen molar-refractivity contribution < 1.29 is 0 Å². The number of aryl methyl sites for hydroxylation is 1. The van der Waals surface area contributed by atoms with Crippen LogP contribution in [0.4, 0.5) is 0 Å². The van der Waals surface area contributed by atoms with Gasteiger partial charge in [0.2, 0.25) is 5.16 Å². The van der Waals surface area contributed by atoms with Crippen LogP contribution in [0.25, 0.3) is 22.4 Å². The zero-order chi connectivity index (χ0) is 22.2. The van der Waals surface area contributed by atoms with Crippen molar-refractivity contribution in [3.63, 3.8) is 0 Å². The van der Waals surface area contributed by atoms with E-state index in [9.17, 15) is 4.79 Å². The van der Waals surface area contributed by atoms with E-state index < -0.39 is 0 Å². The minimum atomic E-state index is -0.188. The predicted octanol–water partition coefficient (Wildman–Crippen LogP) is 3.00. The molecule has 0 aliphatic heterocycles. The number of hydrogen-bond donors (Lipinski definition) is 0.